The number of carbonyl (C=O) groups is 1. The SMILES string of the molecule is Cc1ccc(CCCC(=O)N(C)CCO)s1. The summed E-state index contributed by atoms with van der Waals surface area (Å²) in [4.78, 5) is 15.8. The average Bonchev–Trinajstić information content (AvgIpc) is 2.64. The lowest BCUT2D eigenvalue weighted by molar-refractivity contribution is -0.130. The number of hydrogen-bond donors (Lipinski definition) is 1. The van der Waals surface area contributed by atoms with Crippen LogP contribution in [-0.4, -0.2) is 36.1 Å². The highest BCUT2D eigenvalue weighted by Crippen LogP contribution is 2.17. The van der Waals surface area contributed by atoms with E-state index in [1.807, 2.05) is 0 Å². The molecule has 0 bridgehead atoms. The molecule has 1 aromatic heterocycles. The van der Waals surface area contributed by atoms with Crippen LogP contribution in [0.3, 0.4) is 0 Å². The van der Waals surface area contributed by atoms with E-state index in [0.29, 0.717) is 13.0 Å². The van der Waals surface area contributed by atoms with Gasteiger partial charge in [0.25, 0.3) is 0 Å². The van der Waals surface area contributed by atoms with Crippen LogP contribution in [-0.2, 0) is 11.2 Å². The molecule has 4 heteroatoms. The first kappa shape index (κ1) is 13.2. The van der Waals surface area contributed by atoms with Crippen LogP contribution >= 0.6 is 11.3 Å². The first-order valence-electron chi connectivity index (χ1n) is 5.53. The second kappa shape index (κ2) is 6.66. The fourth-order valence-corrected chi connectivity index (χ4v) is 2.43. The summed E-state index contributed by atoms with van der Waals surface area (Å²) in [5.41, 5.74) is 0. The number of aliphatic hydroxyl groups is 1. The van der Waals surface area contributed by atoms with Crippen molar-refractivity contribution in [2.24, 2.45) is 0 Å². The minimum absolute atomic E-state index is 0.0341. The van der Waals surface area contributed by atoms with Gasteiger partial charge in [-0.2, -0.15) is 0 Å². The molecule has 1 aromatic rings. The lowest BCUT2D eigenvalue weighted by atomic mass is 10.2. The molecule has 0 radical (unpaired) electrons. The van der Waals surface area contributed by atoms with Gasteiger partial charge in [0.05, 0.1) is 6.61 Å². The molecule has 0 atom stereocenters. The van der Waals surface area contributed by atoms with Crippen molar-refractivity contribution in [1.29, 1.82) is 0 Å². The number of aryl methyl sites for hydroxylation is 2. The zero-order valence-corrected chi connectivity index (χ0v) is 10.7. The number of thiophene rings is 1. The van der Waals surface area contributed by atoms with E-state index in [-0.39, 0.29) is 12.5 Å². The molecule has 0 aliphatic heterocycles. The summed E-state index contributed by atoms with van der Waals surface area (Å²) < 4.78 is 0. The van der Waals surface area contributed by atoms with E-state index in [9.17, 15) is 4.79 Å². The number of aliphatic hydroxyl groups excluding tert-OH is 1. The van der Waals surface area contributed by atoms with Gasteiger partial charge in [-0.3, -0.25) is 4.79 Å². The minimum atomic E-state index is 0.0341. The van der Waals surface area contributed by atoms with Crippen molar-refractivity contribution in [2.45, 2.75) is 26.2 Å². The summed E-state index contributed by atoms with van der Waals surface area (Å²) >= 11 is 1.79. The maximum Gasteiger partial charge on any atom is 0.222 e. The second-order valence-electron chi connectivity index (χ2n) is 3.90. The zero-order chi connectivity index (χ0) is 12.0. The van der Waals surface area contributed by atoms with Gasteiger partial charge in [0.15, 0.2) is 0 Å². The predicted octanol–water partition coefficient (Wildman–Crippen LogP) is 1.83. The van der Waals surface area contributed by atoms with Gasteiger partial charge >= 0.3 is 0 Å². The molecule has 1 heterocycles. The Hall–Kier alpha value is -0.870. The van der Waals surface area contributed by atoms with E-state index in [1.165, 1.54) is 9.75 Å². The summed E-state index contributed by atoms with van der Waals surface area (Å²) in [7, 11) is 1.73. The summed E-state index contributed by atoms with van der Waals surface area (Å²) in [6.45, 7) is 2.55. The van der Waals surface area contributed by atoms with Crippen LogP contribution in [0.2, 0.25) is 0 Å². The first-order chi connectivity index (χ1) is 7.63. The molecule has 1 N–H and O–H groups in total. The molecule has 0 fully saturated rings. The van der Waals surface area contributed by atoms with Crippen molar-refractivity contribution in [3.05, 3.63) is 21.9 Å². The van der Waals surface area contributed by atoms with E-state index >= 15 is 0 Å². The number of likely N-dealkylation sites (N-methyl/N-ethyl adjacent to an activating group) is 1. The van der Waals surface area contributed by atoms with Gasteiger partial charge in [-0.15, -0.1) is 11.3 Å². The standard InChI is InChI=1S/C12H19NO2S/c1-10-6-7-11(16-10)4-3-5-12(15)13(2)8-9-14/h6-7,14H,3-5,8-9H2,1-2H3. The molecule has 1 amide bonds. The normalized spacial score (nSPS) is 10.4. The Morgan fingerprint density at radius 3 is 2.81 bits per heavy atom. The second-order valence-corrected chi connectivity index (χ2v) is 5.28. The average molecular weight is 241 g/mol. The number of carbonyl (C=O) groups excluding carboxylic acids is 1. The van der Waals surface area contributed by atoms with Gasteiger partial charge in [0, 0.05) is 29.8 Å². The monoisotopic (exact) mass is 241 g/mol. The van der Waals surface area contributed by atoms with Crippen molar-refractivity contribution in [3.63, 3.8) is 0 Å². The Balaban J connectivity index is 2.22. The smallest absolute Gasteiger partial charge is 0.222 e. The molecule has 0 aliphatic rings. The van der Waals surface area contributed by atoms with Crippen LogP contribution in [0.4, 0.5) is 0 Å². The van der Waals surface area contributed by atoms with Crippen molar-refractivity contribution in [3.8, 4) is 0 Å². The molecule has 0 saturated carbocycles. The lowest BCUT2D eigenvalue weighted by Gasteiger charge is -2.15. The van der Waals surface area contributed by atoms with E-state index < -0.39 is 0 Å². The van der Waals surface area contributed by atoms with Crippen LogP contribution < -0.4 is 0 Å². The topological polar surface area (TPSA) is 40.5 Å². The molecule has 0 unspecified atom stereocenters. The van der Waals surface area contributed by atoms with Crippen molar-refractivity contribution < 1.29 is 9.90 Å². The lowest BCUT2D eigenvalue weighted by Crippen LogP contribution is -2.29. The molecule has 0 aliphatic carbocycles. The molecule has 0 spiro atoms. The van der Waals surface area contributed by atoms with Crippen LogP contribution in [0.15, 0.2) is 12.1 Å². The molecule has 0 aromatic carbocycles. The Morgan fingerprint density at radius 2 is 2.25 bits per heavy atom. The summed E-state index contributed by atoms with van der Waals surface area (Å²) in [5.74, 6) is 0.113. The third kappa shape index (κ3) is 4.33. The Morgan fingerprint density at radius 1 is 1.50 bits per heavy atom. The number of amides is 1. The Bertz CT molecular complexity index is 336. The quantitative estimate of drug-likeness (QED) is 0.825. The van der Waals surface area contributed by atoms with E-state index in [1.54, 1.807) is 23.3 Å². The van der Waals surface area contributed by atoms with E-state index in [0.717, 1.165) is 12.8 Å². The molecule has 90 valence electrons. The maximum atomic E-state index is 11.5. The molecule has 3 nitrogen and oxygen atoms in total. The van der Waals surface area contributed by atoms with Crippen molar-refractivity contribution >= 4 is 17.2 Å². The van der Waals surface area contributed by atoms with Crippen LogP contribution in [0.5, 0.6) is 0 Å². The highest BCUT2D eigenvalue weighted by Gasteiger charge is 2.07. The minimum Gasteiger partial charge on any atom is -0.395 e. The zero-order valence-electron chi connectivity index (χ0n) is 9.90. The fourth-order valence-electron chi connectivity index (χ4n) is 1.50. The molecule has 16 heavy (non-hydrogen) atoms. The van der Waals surface area contributed by atoms with E-state index in [4.69, 9.17) is 5.11 Å². The number of nitrogens with zero attached hydrogens (tertiary/aromatic N) is 1. The van der Waals surface area contributed by atoms with Crippen LogP contribution in [0.1, 0.15) is 22.6 Å². The molecular weight excluding hydrogens is 222 g/mol. The Labute approximate surface area is 101 Å². The van der Waals surface area contributed by atoms with E-state index in [2.05, 4.69) is 19.1 Å². The maximum absolute atomic E-state index is 11.5. The fraction of sp³-hybridized carbons (Fsp3) is 0.583. The highest BCUT2D eigenvalue weighted by molar-refractivity contribution is 7.11. The number of hydrogen-bond acceptors (Lipinski definition) is 3. The van der Waals surface area contributed by atoms with Gasteiger partial charge < -0.3 is 10.0 Å². The van der Waals surface area contributed by atoms with Crippen molar-refractivity contribution in [1.82, 2.24) is 4.90 Å². The number of rotatable bonds is 6. The third-order valence-corrected chi connectivity index (χ3v) is 3.53. The molecule has 1 rings (SSSR count). The van der Waals surface area contributed by atoms with Crippen LogP contribution in [0, 0.1) is 6.92 Å². The summed E-state index contributed by atoms with van der Waals surface area (Å²) in [6.07, 6.45) is 2.42. The van der Waals surface area contributed by atoms with Gasteiger partial charge in [0.2, 0.25) is 5.91 Å². The van der Waals surface area contributed by atoms with Gasteiger partial charge in [0.1, 0.15) is 0 Å². The van der Waals surface area contributed by atoms with Gasteiger partial charge in [-0.1, -0.05) is 0 Å². The predicted molar refractivity (Wildman–Crippen MR) is 66.7 cm³/mol. The van der Waals surface area contributed by atoms with Crippen molar-refractivity contribution in [2.75, 3.05) is 20.2 Å². The summed E-state index contributed by atoms with van der Waals surface area (Å²) in [6, 6.07) is 4.24. The third-order valence-electron chi connectivity index (χ3n) is 2.47. The van der Waals surface area contributed by atoms with Crippen LogP contribution in [0.25, 0.3) is 0 Å². The highest BCUT2D eigenvalue weighted by atomic mass is 32.1. The largest absolute Gasteiger partial charge is 0.395 e. The Kier molecular flexibility index (Phi) is 5.49. The van der Waals surface area contributed by atoms with Gasteiger partial charge in [-0.05, 0) is 31.9 Å². The molecule has 0 saturated heterocycles. The first-order valence-corrected chi connectivity index (χ1v) is 6.35. The summed E-state index contributed by atoms with van der Waals surface area (Å²) in [5, 5.41) is 8.70. The van der Waals surface area contributed by atoms with Gasteiger partial charge in [-0.25, -0.2) is 0 Å². The molecular formula is C12H19NO2S.